The zero-order valence-corrected chi connectivity index (χ0v) is 36.3. The van der Waals surface area contributed by atoms with E-state index < -0.39 is 23.8 Å². The number of carboxylic acids is 1. The molecule has 0 saturated carbocycles. The molecule has 3 amide bonds. The molecule has 0 unspecified atom stereocenters. The molecule has 322 valence electrons. The number of nitrogens with one attached hydrogen (secondary N) is 3. The van der Waals surface area contributed by atoms with Crippen LogP contribution in [0.1, 0.15) is 84.6 Å². The van der Waals surface area contributed by atoms with Crippen LogP contribution in [0.3, 0.4) is 0 Å². The number of amides is 3. The van der Waals surface area contributed by atoms with E-state index >= 15 is 0 Å². The first-order valence-corrected chi connectivity index (χ1v) is 20.2. The number of hydrogen-bond donors (Lipinski definition) is 4. The molecule has 2 aliphatic rings. The quantitative estimate of drug-likeness (QED) is 0.134. The van der Waals surface area contributed by atoms with Crippen molar-refractivity contribution in [2.45, 2.75) is 105 Å². The van der Waals surface area contributed by atoms with Gasteiger partial charge in [0.25, 0.3) is 5.91 Å². The van der Waals surface area contributed by atoms with Crippen LogP contribution < -0.4 is 20.9 Å². The lowest BCUT2D eigenvalue weighted by molar-refractivity contribution is -0.147. The summed E-state index contributed by atoms with van der Waals surface area (Å²) in [5.74, 6) is -1.08. The number of carbonyl (C=O) groups excluding carboxylic acids is 3. The van der Waals surface area contributed by atoms with Crippen molar-refractivity contribution in [1.82, 2.24) is 0 Å². The van der Waals surface area contributed by atoms with Gasteiger partial charge in [0.2, 0.25) is 0 Å². The summed E-state index contributed by atoms with van der Waals surface area (Å²) in [6, 6.07) is 27.8. The summed E-state index contributed by atoms with van der Waals surface area (Å²) in [6.45, 7) is 16.7. The van der Waals surface area contributed by atoms with Crippen LogP contribution in [0.15, 0.2) is 84.9 Å². The Morgan fingerprint density at radius 2 is 1.18 bits per heavy atom. The van der Waals surface area contributed by atoms with E-state index in [0.29, 0.717) is 12.3 Å². The van der Waals surface area contributed by atoms with Crippen molar-refractivity contribution in [3.8, 4) is 0 Å². The molecule has 4 N–H and O–H groups in total. The fourth-order valence-corrected chi connectivity index (χ4v) is 6.20. The van der Waals surface area contributed by atoms with Gasteiger partial charge in [-0.15, -0.1) is 0 Å². The van der Waals surface area contributed by atoms with E-state index in [4.69, 9.17) is 24.1 Å². The predicted molar refractivity (Wildman–Crippen MR) is 236 cm³/mol. The molecule has 0 spiro atoms. The van der Waals surface area contributed by atoms with E-state index in [1.165, 1.54) is 11.1 Å². The van der Waals surface area contributed by atoms with E-state index in [0.717, 1.165) is 65.2 Å². The van der Waals surface area contributed by atoms with Gasteiger partial charge in [-0.1, -0.05) is 48.5 Å². The number of rotatable bonds is 8. The van der Waals surface area contributed by atoms with Crippen molar-refractivity contribution < 1.29 is 43.2 Å². The highest BCUT2D eigenvalue weighted by atomic mass is 16.6. The Morgan fingerprint density at radius 1 is 0.667 bits per heavy atom. The third kappa shape index (κ3) is 15.0. The number of benzene rings is 4. The summed E-state index contributed by atoms with van der Waals surface area (Å²) in [6.07, 6.45) is 2.46. The number of nitrogens with zero attached hydrogens (tertiary/aromatic N) is 1. The normalized spacial score (nSPS) is 12.7. The van der Waals surface area contributed by atoms with Crippen LogP contribution in [0.2, 0.25) is 0 Å². The molecule has 6 rings (SSSR count). The molecule has 2 aliphatic heterocycles. The number of aliphatic carboxylic acids is 1. The van der Waals surface area contributed by atoms with Crippen molar-refractivity contribution in [3.05, 3.63) is 107 Å². The van der Waals surface area contributed by atoms with E-state index in [2.05, 4.69) is 40.2 Å². The second kappa shape index (κ2) is 21.4. The molecule has 0 bridgehead atoms. The number of carboxylic acid groups (broad SMARTS) is 1. The lowest BCUT2D eigenvalue weighted by Crippen LogP contribution is -2.34. The van der Waals surface area contributed by atoms with Gasteiger partial charge < -0.3 is 29.4 Å². The summed E-state index contributed by atoms with van der Waals surface area (Å²) >= 11 is 0. The number of anilines is 6. The molecule has 0 radical (unpaired) electrons. The summed E-state index contributed by atoms with van der Waals surface area (Å²) in [5.41, 5.74) is 9.02. The van der Waals surface area contributed by atoms with Crippen molar-refractivity contribution >= 4 is 58.2 Å². The minimum atomic E-state index is -0.926. The second-order valence-corrected chi connectivity index (χ2v) is 16.5. The smallest absolute Gasteiger partial charge is 0.411 e. The molecule has 0 aromatic heterocycles. The van der Waals surface area contributed by atoms with Gasteiger partial charge in [-0.05, 0) is 147 Å². The third-order valence-electron chi connectivity index (χ3n) is 8.90. The van der Waals surface area contributed by atoms with Gasteiger partial charge in [0, 0.05) is 22.7 Å². The number of carbonyl (C=O) groups is 4. The monoisotopic (exact) mass is 824 g/mol. The third-order valence-corrected chi connectivity index (χ3v) is 8.90. The van der Waals surface area contributed by atoms with Crippen LogP contribution >= 0.6 is 0 Å². The Kier molecular flexibility index (Phi) is 16.7. The molecule has 4 aromatic rings. The molecule has 4 aromatic carbocycles. The maximum absolute atomic E-state index is 13.3. The number of ether oxygens (including phenoxy) is 4. The number of hydrogen-bond acceptors (Lipinski definition) is 9. The summed E-state index contributed by atoms with van der Waals surface area (Å²) in [5, 5.41) is 17.1. The highest BCUT2D eigenvalue weighted by Crippen LogP contribution is 2.38. The lowest BCUT2D eigenvalue weighted by atomic mass is 10.0. The molecular weight excluding hydrogens is 765 g/mol. The van der Waals surface area contributed by atoms with E-state index in [-0.39, 0.29) is 30.8 Å². The molecule has 13 nitrogen and oxygen atoms in total. The van der Waals surface area contributed by atoms with Gasteiger partial charge in [0.15, 0.2) is 0 Å². The topological polar surface area (TPSA) is 165 Å². The first-order valence-electron chi connectivity index (χ1n) is 20.2. The predicted octanol–water partition coefficient (Wildman–Crippen LogP) is 10.2. The first kappa shape index (κ1) is 46.8. The minimum Gasteiger partial charge on any atom is -0.480 e. The molecule has 60 heavy (non-hydrogen) atoms. The summed E-state index contributed by atoms with van der Waals surface area (Å²) in [7, 11) is 0. The first-order chi connectivity index (χ1) is 28.3. The number of para-hydroxylation sites is 2. The average Bonchev–Trinajstić information content (AvgIpc) is 3.45. The zero-order valence-electron chi connectivity index (χ0n) is 36.3. The lowest BCUT2D eigenvalue weighted by Gasteiger charge is -2.27. The van der Waals surface area contributed by atoms with Crippen LogP contribution in [-0.2, 0) is 54.2 Å². The Labute approximate surface area is 353 Å². The zero-order chi connectivity index (χ0) is 44.0. The molecule has 0 saturated heterocycles. The molecule has 13 heteroatoms. The van der Waals surface area contributed by atoms with Crippen LogP contribution in [0.4, 0.5) is 43.7 Å². The Balaban J connectivity index is 0.000000228. The average molecular weight is 825 g/mol. The van der Waals surface area contributed by atoms with E-state index in [9.17, 15) is 19.2 Å². The fourth-order valence-electron chi connectivity index (χ4n) is 6.20. The standard InChI is InChI=1S/C24H30N2O4.C17H18N2O2.C6H12O3/c1-16(2)30-23(28)25-19-13-12-18-11-10-17-8-6-7-9-20(17)26(21(18)14-19)22(27)15-29-24(3,4)5;1-2-21-17(20)18-14-10-9-13-8-7-12-5-3-4-6-15(12)19-16(13)11-14;1-6(2,3)9-4-5(7)8/h6-9,12-14,16H,10-11,15H2,1-5H3,(H,25,28);3-6,9-11,19H,2,7-8H2,1H3,(H,18,20);4H2,1-3H3,(H,7,8). The van der Waals surface area contributed by atoms with Crippen LogP contribution in [0.5, 0.6) is 0 Å². The fraction of sp³-hybridized carbons (Fsp3) is 0.404. The molecule has 0 aliphatic carbocycles. The minimum absolute atomic E-state index is 0.0374. The largest absolute Gasteiger partial charge is 0.480 e. The summed E-state index contributed by atoms with van der Waals surface area (Å²) < 4.78 is 20.7. The van der Waals surface area contributed by atoms with Crippen molar-refractivity contribution in [3.63, 3.8) is 0 Å². The van der Waals surface area contributed by atoms with Gasteiger partial charge in [0.1, 0.15) is 13.2 Å². The van der Waals surface area contributed by atoms with E-state index in [1.807, 2.05) is 102 Å². The van der Waals surface area contributed by atoms with Crippen LogP contribution in [0, 0.1) is 0 Å². The maximum atomic E-state index is 13.3. The van der Waals surface area contributed by atoms with Gasteiger partial charge in [0.05, 0.1) is 35.3 Å². The summed E-state index contributed by atoms with van der Waals surface area (Å²) in [4.78, 5) is 48.5. The number of fused-ring (bicyclic) bond motifs is 4. The van der Waals surface area contributed by atoms with E-state index in [1.54, 1.807) is 25.7 Å². The SMILES string of the molecule is CC(C)(C)OCC(=O)O.CC(C)OC(=O)Nc1ccc2c(c1)N(C(=O)COC(C)(C)C)c1ccccc1CC2.CCOC(=O)Nc1ccc2c(c1)Nc1ccccc1CC2. The van der Waals surface area contributed by atoms with Crippen LogP contribution in [-0.4, -0.2) is 66.3 Å². The van der Waals surface area contributed by atoms with Crippen molar-refractivity contribution in [1.29, 1.82) is 0 Å². The van der Waals surface area contributed by atoms with Gasteiger partial charge in [-0.3, -0.25) is 20.3 Å². The number of aryl methyl sites for hydroxylation is 4. The van der Waals surface area contributed by atoms with Gasteiger partial charge in [-0.2, -0.15) is 0 Å². The maximum Gasteiger partial charge on any atom is 0.411 e. The van der Waals surface area contributed by atoms with Crippen molar-refractivity contribution in [2.24, 2.45) is 0 Å². The highest BCUT2D eigenvalue weighted by Gasteiger charge is 2.28. The van der Waals surface area contributed by atoms with Crippen LogP contribution in [0.25, 0.3) is 0 Å². The molecule has 0 atom stereocenters. The molecule has 2 heterocycles. The second-order valence-electron chi connectivity index (χ2n) is 16.5. The molecular formula is C47H60N4O9. The van der Waals surface area contributed by atoms with Gasteiger partial charge >= 0.3 is 18.2 Å². The Hall–Kier alpha value is -5.92. The molecule has 0 fully saturated rings. The van der Waals surface area contributed by atoms with Gasteiger partial charge in [-0.25, -0.2) is 14.4 Å². The Morgan fingerprint density at radius 3 is 1.78 bits per heavy atom. The van der Waals surface area contributed by atoms with Crippen molar-refractivity contribution in [2.75, 3.05) is 40.7 Å². The highest BCUT2D eigenvalue weighted by molar-refractivity contribution is 6.04. The Bertz CT molecular complexity index is 2100.